The van der Waals surface area contributed by atoms with E-state index in [1.54, 1.807) is 0 Å². The Kier molecular flexibility index (Phi) is 3.73. The number of nitrogens with zero attached hydrogens (tertiary/aromatic N) is 3. The largest absolute Gasteiger partial charge is 0.381 e. The quantitative estimate of drug-likeness (QED) is 0.859. The smallest absolute Gasteiger partial charge is 0.233 e. The van der Waals surface area contributed by atoms with Gasteiger partial charge in [-0.2, -0.15) is 4.98 Å². The van der Waals surface area contributed by atoms with E-state index in [0.29, 0.717) is 18.0 Å². The highest BCUT2D eigenvalue weighted by Gasteiger charge is 2.42. The van der Waals surface area contributed by atoms with Crippen LogP contribution in [0.2, 0.25) is 0 Å². The first kappa shape index (κ1) is 14.6. The van der Waals surface area contributed by atoms with Crippen LogP contribution < -0.4 is 0 Å². The minimum Gasteiger partial charge on any atom is -0.381 e. The molecule has 3 fully saturated rings. The monoisotopic (exact) mass is 305 g/mol. The zero-order chi connectivity index (χ0) is 15.2. The number of hydrogen-bond acceptors (Lipinski definition) is 5. The highest BCUT2D eigenvalue weighted by atomic mass is 16.5. The van der Waals surface area contributed by atoms with E-state index >= 15 is 0 Å². The normalized spacial score (nSPS) is 34.9. The van der Waals surface area contributed by atoms with Gasteiger partial charge in [0, 0.05) is 31.2 Å². The number of ether oxygens (including phenoxy) is 1. The van der Waals surface area contributed by atoms with Crippen LogP contribution in [-0.4, -0.2) is 47.4 Å². The summed E-state index contributed by atoms with van der Waals surface area (Å²) in [7, 11) is 2.27. The predicted molar refractivity (Wildman–Crippen MR) is 82.9 cm³/mol. The Labute approximate surface area is 132 Å². The van der Waals surface area contributed by atoms with Crippen LogP contribution in [0, 0.1) is 0 Å². The van der Waals surface area contributed by atoms with E-state index in [1.807, 2.05) is 0 Å². The molecule has 0 N–H and O–H groups in total. The molecule has 5 heteroatoms. The van der Waals surface area contributed by atoms with Gasteiger partial charge in [0.15, 0.2) is 5.82 Å². The van der Waals surface area contributed by atoms with Crippen molar-refractivity contribution in [3.05, 3.63) is 11.7 Å². The molecule has 0 radical (unpaired) electrons. The lowest BCUT2D eigenvalue weighted by Gasteiger charge is -2.35. The second kappa shape index (κ2) is 5.60. The van der Waals surface area contributed by atoms with Crippen LogP contribution in [0.4, 0.5) is 0 Å². The number of hydrogen-bond donors (Lipinski definition) is 0. The fourth-order valence-corrected chi connectivity index (χ4v) is 4.72. The molecule has 4 rings (SSSR count). The molecule has 0 spiro atoms. The number of fused-ring (bicyclic) bond motifs is 2. The molecular weight excluding hydrogens is 278 g/mol. The average molecular weight is 305 g/mol. The van der Waals surface area contributed by atoms with Crippen LogP contribution in [0.15, 0.2) is 4.52 Å². The molecule has 122 valence electrons. The van der Waals surface area contributed by atoms with Crippen molar-refractivity contribution in [3.63, 3.8) is 0 Å². The lowest BCUT2D eigenvalue weighted by Crippen LogP contribution is -2.39. The predicted octanol–water partition coefficient (Wildman–Crippen LogP) is 2.87. The SMILES string of the molecule is CCC1(c2nc(C3CC4CCC(C3)N4C)no2)CCOCC1. The van der Waals surface area contributed by atoms with Gasteiger partial charge in [0.05, 0.1) is 5.41 Å². The highest BCUT2D eigenvalue weighted by molar-refractivity contribution is 5.10. The van der Waals surface area contributed by atoms with Gasteiger partial charge >= 0.3 is 0 Å². The van der Waals surface area contributed by atoms with Crippen molar-refractivity contribution in [1.82, 2.24) is 15.0 Å². The number of piperidine rings is 1. The minimum atomic E-state index is 0.0495. The average Bonchev–Trinajstić information content (AvgIpc) is 3.11. The molecule has 22 heavy (non-hydrogen) atoms. The summed E-state index contributed by atoms with van der Waals surface area (Å²) in [6, 6.07) is 1.43. The first-order valence-electron chi connectivity index (χ1n) is 8.85. The van der Waals surface area contributed by atoms with Gasteiger partial charge in [0.1, 0.15) is 0 Å². The molecule has 3 aliphatic heterocycles. The highest BCUT2D eigenvalue weighted by Crippen LogP contribution is 2.42. The third kappa shape index (κ3) is 2.29. The van der Waals surface area contributed by atoms with Crippen molar-refractivity contribution < 1.29 is 9.26 Å². The molecule has 3 saturated heterocycles. The standard InChI is InChI=1S/C17H27N3O2/c1-3-17(6-8-21-9-7-17)16-18-15(19-22-16)12-10-13-4-5-14(11-12)20(13)2/h12-14H,3-11H2,1-2H3. The number of rotatable bonds is 3. The van der Waals surface area contributed by atoms with E-state index in [0.717, 1.165) is 44.2 Å². The van der Waals surface area contributed by atoms with Crippen LogP contribution in [0.25, 0.3) is 0 Å². The van der Waals surface area contributed by atoms with Crippen molar-refractivity contribution in [3.8, 4) is 0 Å². The van der Waals surface area contributed by atoms with Crippen LogP contribution in [0.1, 0.15) is 69.5 Å². The second-order valence-electron chi connectivity index (χ2n) is 7.42. The third-order valence-electron chi connectivity index (χ3n) is 6.49. The van der Waals surface area contributed by atoms with Crippen molar-refractivity contribution in [2.24, 2.45) is 0 Å². The van der Waals surface area contributed by atoms with Gasteiger partial charge in [-0.25, -0.2) is 0 Å². The van der Waals surface area contributed by atoms with E-state index in [1.165, 1.54) is 25.7 Å². The van der Waals surface area contributed by atoms with E-state index in [-0.39, 0.29) is 5.41 Å². The fraction of sp³-hybridized carbons (Fsp3) is 0.882. The Hall–Kier alpha value is -0.940. The summed E-state index contributed by atoms with van der Waals surface area (Å²) in [4.78, 5) is 7.43. The summed E-state index contributed by atoms with van der Waals surface area (Å²) in [5.41, 5.74) is 0.0495. The van der Waals surface area contributed by atoms with E-state index in [2.05, 4.69) is 24.0 Å². The summed E-state index contributed by atoms with van der Waals surface area (Å²) in [6.45, 7) is 3.85. The Morgan fingerprint density at radius 2 is 1.86 bits per heavy atom. The van der Waals surface area contributed by atoms with Gasteiger partial charge in [0.2, 0.25) is 5.89 Å². The molecule has 5 nitrogen and oxygen atoms in total. The molecule has 1 aromatic heterocycles. The minimum absolute atomic E-state index is 0.0495. The zero-order valence-corrected chi connectivity index (χ0v) is 13.8. The molecule has 0 saturated carbocycles. The first-order valence-corrected chi connectivity index (χ1v) is 8.85. The molecule has 0 aliphatic carbocycles. The first-order chi connectivity index (χ1) is 10.7. The lowest BCUT2D eigenvalue weighted by molar-refractivity contribution is 0.0359. The maximum absolute atomic E-state index is 5.74. The molecule has 2 bridgehead atoms. The topological polar surface area (TPSA) is 51.4 Å². The Balaban J connectivity index is 1.54. The summed E-state index contributed by atoms with van der Waals surface area (Å²) >= 11 is 0. The third-order valence-corrected chi connectivity index (χ3v) is 6.49. The molecular formula is C17H27N3O2. The Bertz CT molecular complexity index is 510. The Morgan fingerprint density at radius 3 is 2.50 bits per heavy atom. The summed E-state index contributed by atoms with van der Waals surface area (Å²) in [5, 5.41) is 4.38. The summed E-state index contributed by atoms with van der Waals surface area (Å²) in [5.74, 6) is 2.30. The summed E-state index contributed by atoms with van der Waals surface area (Å²) in [6.07, 6.45) is 8.10. The van der Waals surface area contributed by atoms with Gasteiger partial charge in [-0.1, -0.05) is 12.1 Å². The molecule has 2 atom stereocenters. The van der Waals surface area contributed by atoms with Crippen LogP contribution in [-0.2, 0) is 10.2 Å². The van der Waals surface area contributed by atoms with Crippen molar-refractivity contribution >= 4 is 0 Å². The zero-order valence-electron chi connectivity index (χ0n) is 13.8. The maximum atomic E-state index is 5.74. The fourth-order valence-electron chi connectivity index (χ4n) is 4.72. The van der Waals surface area contributed by atoms with E-state index in [4.69, 9.17) is 14.2 Å². The van der Waals surface area contributed by atoms with Gasteiger partial charge in [0.25, 0.3) is 0 Å². The van der Waals surface area contributed by atoms with Crippen molar-refractivity contribution in [2.75, 3.05) is 20.3 Å². The molecule has 3 aliphatic rings. The van der Waals surface area contributed by atoms with E-state index in [9.17, 15) is 0 Å². The van der Waals surface area contributed by atoms with E-state index < -0.39 is 0 Å². The molecule has 2 unspecified atom stereocenters. The van der Waals surface area contributed by atoms with Gasteiger partial charge in [-0.15, -0.1) is 0 Å². The second-order valence-corrected chi connectivity index (χ2v) is 7.42. The molecule has 1 aromatic rings. The van der Waals surface area contributed by atoms with Gasteiger partial charge in [-0.05, 0) is 52.0 Å². The van der Waals surface area contributed by atoms with Crippen LogP contribution in [0.3, 0.4) is 0 Å². The molecule has 4 heterocycles. The Morgan fingerprint density at radius 1 is 1.18 bits per heavy atom. The van der Waals surface area contributed by atoms with Crippen molar-refractivity contribution in [2.45, 2.75) is 75.3 Å². The number of aromatic nitrogens is 2. The molecule has 0 amide bonds. The maximum Gasteiger partial charge on any atom is 0.233 e. The van der Waals surface area contributed by atoms with Crippen molar-refractivity contribution in [1.29, 1.82) is 0 Å². The van der Waals surface area contributed by atoms with Gasteiger partial charge in [-0.3, -0.25) is 0 Å². The van der Waals surface area contributed by atoms with Crippen LogP contribution >= 0.6 is 0 Å². The summed E-state index contributed by atoms with van der Waals surface area (Å²) < 4.78 is 11.3. The van der Waals surface area contributed by atoms with Gasteiger partial charge < -0.3 is 14.2 Å². The van der Waals surface area contributed by atoms with Crippen LogP contribution in [0.5, 0.6) is 0 Å². The lowest BCUT2D eigenvalue weighted by atomic mass is 9.77. The molecule has 0 aromatic carbocycles.